The number of nitrogens with two attached hydrogens (primary N) is 2. The van der Waals surface area contributed by atoms with E-state index in [1.807, 2.05) is 34.3 Å². The molecule has 0 saturated heterocycles. The third-order valence-electron chi connectivity index (χ3n) is 4.93. The van der Waals surface area contributed by atoms with Crippen LogP contribution < -0.4 is 21.5 Å². The largest absolute Gasteiger partial charge is 0.399 e. The minimum Gasteiger partial charge on any atom is -0.399 e. The van der Waals surface area contributed by atoms with E-state index in [2.05, 4.69) is 26.0 Å². The zero-order valence-corrected chi connectivity index (χ0v) is 17.9. The summed E-state index contributed by atoms with van der Waals surface area (Å²) in [6.07, 6.45) is 3.25. The van der Waals surface area contributed by atoms with E-state index in [-0.39, 0.29) is 6.61 Å². The Morgan fingerprint density at radius 2 is 1.34 bits per heavy atom. The molecule has 0 spiro atoms. The molecule has 0 amide bonds. The molecule has 0 aliphatic carbocycles. The summed E-state index contributed by atoms with van der Waals surface area (Å²) in [7, 11) is 0. The van der Waals surface area contributed by atoms with E-state index < -0.39 is 6.10 Å². The fraction of sp³-hybridized carbons (Fsp3) is 0.478. The normalized spacial score (nSPS) is 12.0. The molecule has 6 heteroatoms. The van der Waals surface area contributed by atoms with Gasteiger partial charge in [0.1, 0.15) is 0 Å². The van der Waals surface area contributed by atoms with Crippen LogP contribution in [0.25, 0.3) is 0 Å². The van der Waals surface area contributed by atoms with E-state index in [0.717, 1.165) is 59.6 Å². The van der Waals surface area contributed by atoms with Crippen molar-refractivity contribution in [3.05, 3.63) is 47.5 Å². The lowest BCUT2D eigenvalue weighted by molar-refractivity contribution is 0.198. The standard InChI is InChI=1S/C23H36N4O2/c1-4-6-18-14-20(8-10-22(18)24)26(12-13-28)27(16-17(3)29)21-9-11-23(25)19(15-21)7-5-2/h8-11,14-15,17,28-29H,4-7,12-13,16,24-25H2,1-3H3. The third-order valence-corrected chi connectivity index (χ3v) is 4.93. The highest BCUT2D eigenvalue weighted by Crippen LogP contribution is 2.29. The Morgan fingerprint density at radius 3 is 1.76 bits per heavy atom. The molecular weight excluding hydrogens is 364 g/mol. The van der Waals surface area contributed by atoms with Crippen molar-refractivity contribution in [2.75, 3.05) is 41.2 Å². The van der Waals surface area contributed by atoms with Gasteiger partial charge in [0.05, 0.1) is 37.2 Å². The van der Waals surface area contributed by atoms with Gasteiger partial charge in [0.25, 0.3) is 0 Å². The number of aliphatic hydroxyl groups excluding tert-OH is 2. The summed E-state index contributed by atoms with van der Waals surface area (Å²) in [5, 5.41) is 24.0. The van der Waals surface area contributed by atoms with Crippen LogP contribution in [0.4, 0.5) is 22.7 Å². The maximum atomic E-state index is 10.2. The number of aryl methyl sites for hydroxylation is 2. The molecule has 0 fully saturated rings. The quantitative estimate of drug-likeness (QED) is 0.341. The van der Waals surface area contributed by atoms with Crippen LogP contribution in [0.15, 0.2) is 36.4 Å². The Hall–Kier alpha value is -2.44. The van der Waals surface area contributed by atoms with E-state index >= 15 is 0 Å². The molecule has 0 bridgehead atoms. The number of rotatable bonds is 11. The SMILES string of the molecule is CCCc1cc(N(CCO)N(CC(C)O)c2ccc(N)c(CCC)c2)ccc1N. The first kappa shape index (κ1) is 22.8. The van der Waals surface area contributed by atoms with Gasteiger partial charge in [0, 0.05) is 11.4 Å². The molecule has 0 aromatic heterocycles. The Balaban J connectivity index is 2.51. The molecule has 1 atom stereocenters. The number of benzene rings is 2. The van der Waals surface area contributed by atoms with Gasteiger partial charge < -0.3 is 21.7 Å². The van der Waals surface area contributed by atoms with E-state index in [0.29, 0.717) is 13.1 Å². The highest BCUT2D eigenvalue weighted by atomic mass is 16.3. The maximum Gasteiger partial charge on any atom is 0.0707 e. The number of aliphatic hydroxyl groups is 2. The van der Waals surface area contributed by atoms with Gasteiger partial charge >= 0.3 is 0 Å². The molecule has 6 N–H and O–H groups in total. The molecule has 0 saturated carbocycles. The topological polar surface area (TPSA) is 99.0 Å². The Morgan fingerprint density at radius 1 is 0.862 bits per heavy atom. The zero-order chi connectivity index (χ0) is 21.4. The van der Waals surface area contributed by atoms with Crippen LogP contribution in [0.1, 0.15) is 44.7 Å². The van der Waals surface area contributed by atoms with E-state index in [9.17, 15) is 10.2 Å². The summed E-state index contributed by atoms with van der Waals surface area (Å²) in [6, 6.07) is 11.9. The lowest BCUT2D eigenvalue weighted by Crippen LogP contribution is -2.48. The number of hydrazine groups is 1. The molecule has 6 nitrogen and oxygen atoms in total. The first-order valence-corrected chi connectivity index (χ1v) is 10.5. The van der Waals surface area contributed by atoms with Gasteiger partial charge in [-0.1, -0.05) is 26.7 Å². The van der Waals surface area contributed by atoms with Crippen molar-refractivity contribution in [2.24, 2.45) is 0 Å². The summed E-state index contributed by atoms with van der Waals surface area (Å²) in [5.41, 5.74) is 17.9. The first-order valence-electron chi connectivity index (χ1n) is 10.5. The Kier molecular flexibility index (Phi) is 8.61. The Labute approximate surface area is 174 Å². The summed E-state index contributed by atoms with van der Waals surface area (Å²) in [4.78, 5) is 0. The molecule has 0 radical (unpaired) electrons. The zero-order valence-electron chi connectivity index (χ0n) is 17.9. The van der Waals surface area contributed by atoms with Crippen molar-refractivity contribution in [1.29, 1.82) is 0 Å². The first-order chi connectivity index (χ1) is 13.9. The molecular formula is C23H36N4O2. The number of hydrogen-bond donors (Lipinski definition) is 4. The maximum absolute atomic E-state index is 10.2. The van der Waals surface area contributed by atoms with Crippen molar-refractivity contribution in [2.45, 2.75) is 52.6 Å². The van der Waals surface area contributed by atoms with Gasteiger partial charge in [-0.05, 0) is 67.3 Å². The van der Waals surface area contributed by atoms with E-state index in [1.165, 1.54) is 0 Å². The lowest BCUT2D eigenvalue weighted by atomic mass is 10.1. The lowest BCUT2D eigenvalue weighted by Gasteiger charge is -2.39. The van der Waals surface area contributed by atoms with Gasteiger partial charge in [-0.2, -0.15) is 0 Å². The number of hydrogen-bond acceptors (Lipinski definition) is 6. The second-order valence-electron chi connectivity index (χ2n) is 7.54. The molecule has 0 aliphatic heterocycles. The summed E-state index contributed by atoms with van der Waals surface area (Å²) >= 11 is 0. The third kappa shape index (κ3) is 6.02. The van der Waals surface area contributed by atoms with Crippen molar-refractivity contribution >= 4 is 22.7 Å². The predicted octanol–water partition coefficient (Wildman–Crippen LogP) is 3.36. The van der Waals surface area contributed by atoms with Gasteiger partial charge in [-0.3, -0.25) is 10.0 Å². The molecule has 0 aliphatic rings. The van der Waals surface area contributed by atoms with Gasteiger partial charge in [-0.15, -0.1) is 0 Å². The second-order valence-corrected chi connectivity index (χ2v) is 7.54. The minimum atomic E-state index is -0.549. The average molecular weight is 401 g/mol. The van der Waals surface area contributed by atoms with Crippen molar-refractivity contribution in [3.63, 3.8) is 0 Å². The molecule has 2 rings (SSSR count). The van der Waals surface area contributed by atoms with Crippen LogP contribution in [-0.4, -0.2) is 36.0 Å². The van der Waals surface area contributed by atoms with Crippen LogP contribution in [0.2, 0.25) is 0 Å². The van der Waals surface area contributed by atoms with Gasteiger partial charge in [0.15, 0.2) is 0 Å². The molecule has 2 aromatic carbocycles. The molecule has 1 unspecified atom stereocenters. The smallest absolute Gasteiger partial charge is 0.0707 e. The summed E-state index contributed by atoms with van der Waals surface area (Å²) in [5.74, 6) is 0. The van der Waals surface area contributed by atoms with Crippen molar-refractivity contribution < 1.29 is 10.2 Å². The van der Waals surface area contributed by atoms with Gasteiger partial charge in [0.2, 0.25) is 0 Å². The molecule has 29 heavy (non-hydrogen) atoms. The average Bonchev–Trinajstić information content (AvgIpc) is 2.68. The van der Waals surface area contributed by atoms with Crippen LogP contribution in [0.3, 0.4) is 0 Å². The van der Waals surface area contributed by atoms with E-state index in [4.69, 9.17) is 11.5 Å². The number of nitrogens with zero attached hydrogens (tertiary/aromatic N) is 2. The molecule has 0 heterocycles. The predicted molar refractivity (Wildman–Crippen MR) is 123 cm³/mol. The number of nitrogen functional groups attached to an aromatic ring is 2. The van der Waals surface area contributed by atoms with Crippen LogP contribution in [0, 0.1) is 0 Å². The van der Waals surface area contributed by atoms with E-state index in [1.54, 1.807) is 6.92 Å². The van der Waals surface area contributed by atoms with Gasteiger partial charge in [-0.25, -0.2) is 0 Å². The monoisotopic (exact) mass is 400 g/mol. The van der Waals surface area contributed by atoms with Crippen molar-refractivity contribution in [1.82, 2.24) is 0 Å². The van der Waals surface area contributed by atoms with Crippen molar-refractivity contribution in [3.8, 4) is 0 Å². The minimum absolute atomic E-state index is 0.0133. The molecule has 2 aromatic rings. The summed E-state index contributed by atoms with van der Waals surface area (Å²) in [6.45, 7) is 6.79. The van der Waals surface area contributed by atoms with Crippen LogP contribution in [-0.2, 0) is 12.8 Å². The van der Waals surface area contributed by atoms with Crippen LogP contribution in [0.5, 0.6) is 0 Å². The fourth-order valence-electron chi connectivity index (χ4n) is 3.55. The number of anilines is 4. The molecule has 160 valence electrons. The van der Waals surface area contributed by atoms with Crippen LogP contribution >= 0.6 is 0 Å². The Bertz CT molecular complexity index is 779. The highest BCUT2D eigenvalue weighted by Gasteiger charge is 2.20. The second kappa shape index (κ2) is 10.9. The summed E-state index contributed by atoms with van der Waals surface area (Å²) < 4.78 is 0. The fourth-order valence-corrected chi connectivity index (χ4v) is 3.55. The highest BCUT2D eigenvalue weighted by molar-refractivity contribution is 5.65.